The van der Waals surface area contributed by atoms with Gasteiger partial charge in [0.05, 0.1) is 0 Å². The van der Waals surface area contributed by atoms with Crippen LogP contribution in [0, 0.1) is 11.6 Å². The minimum atomic E-state index is -0.984. The van der Waals surface area contributed by atoms with Crippen molar-refractivity contribution in [2.45, 2.75) is 13.0 Å². The first-order valence-electron chi connectivity index (χ1n) is 5.28. The van der Waals surface area contributed by atoms with E-state index in [4.69, 9.17) is 0 Å². The summed E-state index contributed by atoms with van der Waals surface area (Å²) in [6.45, 7) is 1.37. The van der Waals surface area contributed by atoms with E-state index < -0.39 is 35.3 Å². The fraction of sp³-hybridized carbons (Fsp3) is 0.273. The second kappa shape index (κ2) is 6.46. The van der Waals surface area contributed by atoms with Crippen molar-refractivity contribution in [2.24, 2.45) is 0 Å². The maximum atomic E-state index is 13.5. The molecule has 0 saturated heterocycles. The van der Waals surface area contributed by atoms with E-state index in [1.807, 2.05) is 5.32 Å². The Bertz CT molecular complexity index is 488. The molecule has 1 rings (SSSR count). The lowest BCUT2D eigenvalue weighted by Gasteiger charge is -2.15. The molecule has 0 bridgehead atoms. The fourth-order valence-corrected chi connectivity index (χ4v) is 1.65. The topological polar surface area (TPSA) is 70.2 Å². The van der Waals surface area contributed by atoms with E-state index in [2.05, 4.69) is 26.6 Å². The van der Waals surface area contributed by atoms with Crippen LogP contribution >= 0.6 is 15.9 Å². The van der Waals surface area contributed by atoms with Crippen LogP contribution in [0.4, 0.5) is 19.3 Å². The summed E-state index contributed by atoms with van der Waals surface area (Å²) in [6, 6.07) is 0.446. The molecule has 0 aliphatic heterocycles. The number of hydrogen-bond donors (Lipinski definition) is 3. The molecule has 0 radical (unpaired) electrons. The number of carbonyl (C=O) groups excluding carboxylic acids is 2. The summed E-state index contributed by atoms with van der Waals surface area (Å²) in [5.74, 6) is -2.39. The van der Waals surface area contributed by atoms with Crippen LogP contribution in [0.5, 0.6) is 0 Å². The van der Waals surface area contributed by atoms with Gasteiger partial charge in [-0.25, -0.2) is 13.6 Å². The number of carbonyl (C=O) groups is 2. The third kappa shape index (κ3) is 4.16. The number of hydrogen-bond acceptors (Lipinski definition) is 3. The van der Waals surface area contributed by atoms with E-state index in [0.29, 0.717) is 0 Å². The molecule has 3 N–H and O–H groups in total. The average molecular weight is 336 g/mol. The highest BCUT2D eigenvalue weighted by Gasteiger charge is 2.19. The first kappa shape index (κ1) is 15.4. The van der Waals surface area contributed by atoms with Gasteiger partial charge in [-0.15, -0.1) is 0 Å². The number of amides is 3. The van der Waals surface area contributed by atoms with E-state index in [0.717, 1.165) is 12.1 Å². The van der Waals surface area contributed by atoms with Gasteiger partial charge in [0.25, 0.3) is 0 Å². The Balaban J connectivity index is 2.80. The van der Waals surface area contributed by atoms with Gasteiger partial charge in [-0.2, -0.15) is 0 Å². The van der Waals surface area contributed by atoms with Crippen molar-refractivity contribution in [3.8, 4) is 0 Å². The second-order valence-electron chi connectivity index (χ2n) is 3.68. The van der Waals surface area contributed by atoms with E-state index in [1.54, 1.807) is 0 Å². The maximum absolute atomic E-state index is 13.5. The Hall–Kier alpha value is -1.70. The summed E-state index contributed by atoms with van der Waals surface area (Å²) in [4.78, 5) is 22.5. The predicted molar refractivity (Wildman–Crippen MR) is 69.7 cm³/mol. The van der Waals surface area contributed by atoms with Crippen LogP contribution < -0.4 is 16.0 Å². The van der Waals surface area contributed by atoms with Crippen LogP contribution in [-0.4, -0.2) is 25.0 Å². The Morgan fingerprint density at radius 1 is 1.26 bits per heavy atom. The molecule has 0 fully saturated rings. The smallest absolute Gasteiger partial charge is 0.321 e. The number of halogens is 3. The Morgan fingerprint density at radius 2 is 1.79 bits per heavy atom. The Labute approximate surface area is 116 Å². The van der Waals surface area contributed by atoms with Crippen molar-refractivity contribution in [2.75, 3.05) is 12.4 Å². The van der Waals surface area contributed by atoms with Gasteiger partial charge in [-0.05, 0) is 19.1 Å². The largest absolute Gasteiger partial charge is 0.369 e. The summed E-state index contributed by atoms with van der Waals surface area (Å²) in [6.07, 6.45) is 0. The molecule has 0 aliphatic rings. The quantitative estimate of drug-likeness (QED) is 0.791. The first-order valence-corrected chi connectivity index (χ1v) is 6.08. The monoisotopic (exact) mass is 335 g/mol. The number of nitrogens with one attached hydrogen (secondary N) is 3. The van der Waals surface area contributed by atoms with Crippen LogP contribution in [0.3, 0.4) is 0 Å². The molecular formula is C11H12BrF2N3O2. The molecule has 0 heterocycles. The zero-order chi connectivity index (χ0) is 14.6. The normalized spacial score (nSPS) is 11.6. The van der Waals surface area contributed by atoms with Gasteiger partial charge in [-0.1, -0.05) is 15.9 Å². The van der Waals surface area contributed by atoms with Gasteiger partial charge in [0.1, 0.15) is 23.4 Å². The van der Waals surface area contributed by atoms with Crippen LogP contribution in [0.1, 0.15) is 6.92 Å². The molecule has 0 aromatic heterocycles. The standard InChI is InChI=1S/C11H12BrF2N3O2/c1-5(10(18)17-11(19)15-2)16-9-7(13)3-6(12)4-8(9)14/h3-5,16H,1-2H3,(H2,15,17,18,19). The highest BCUT2D eigenvalue weighted by atomic mass is 79.9. The van der Waals surface area contributed by atoms with Crippen LogP contribution in [0.25, 0.3) is 0 Å². The number of urea groups is 1. The highest BCUT2D eigenvalue weighted by Crippen LogP contribution is 2.24. The second-order valence-corrected chi connectivity index (χ2v) is 4.59. The molecule has 8 heteroatoms. The molecule has 1 unspecified atom stereocenters. The molecule has 3 amide bonds. The van der Waals surface area contributed by atoms with Crippen LogP contribution in [0.2, 0.25) is 0 Å². The molecule has 0 saturated carbocycles. The molecule has 1 atom stereocenters. The summed E-state index contributed by atoms with van der Waals surface area (Å²) in [5.41, 5.74) is -0.428. The van der Waals surface area contributed by atoms with Crippen molar-refractivity contribution in [3.63, 3.8) is 0 Å². The number of imide groups is 1. The van der Waals surface area contributed by atoms with Crippen molar-refractivity contribution in [3.05, 3.63) is 28.2 Å². The molecule has 0 aliphatic carbocycles. The fourth-order valence-electron chi connectivity index (χ4n) is 1.24. The Kier molecular flexibility index (Phi) is 5.22. The predicted octanol–water partition coefficient (Wildman–Crippen LogP) is 1.98. The number of rotatable bonds is 3. The van der Waals surface area contributed by atoms with Gasteiger partial charge in [0.2, 0.25) is 5.91 Å². The summed E-state index contributed by atoms with van der Waals surface area (Å²) in [7, 11) is 1.34. The summed E-state index contributed by atoms with van der Waals surface area (Å²) < 4.78 is 27.3. The molecular weight excluding hydrogens is 324 g/mol. The summed E-state index contributed by atoms with van der Waals surface area (Å²) in [5, 5.41) is 6.56. The van der Waals surface area contributed by atoms with Gasteiger partial charge < -0.3 is 10.6 Å². The molecule has 1 aromatic rings. The lowest BCUT2D eigenvalue weighted by Crippen LogP contribution is -2.44. The minimum absolute atomic E-state index is 0.246. The average Bonchev–Trinajstić information content (AvgIpc) is 2.32. The highest BCUT2D eigenvalue weighted by molar-refractivity contribution is 9.10. The van der Waals surface area contributed by atoms with Crippen molar-refractivity contribution in [1.29, 1.82) is 0 Å². The lowest BCUT2D eigenvalue weighted by molar-refractivity contribution is -0.120. The zero-order valence-corrected chi connectivity index (χ0v) is 11.8. The van der Waals surface area contributed by atoms with E-state index in [9.17, 15) is 18.4 Å². The van der Waals surface area contributed by atoms with Crippen molar-refractivity contribution < 1.29 is 18.4 Å². The lowest BCUT2D eigenvalue weighted by atomic mass is 10.2. The SMILES string of the molecule is CNC(=O)NC(=O)C(C)Nc1c(F)cc(Br)cc1F. The maximum Gasteiger partial charge on any atom is 0.321 e. The van der Waals surface area contributed by atoms with Crippen molar-refractivity contribution in [1.82, 2.24) is 10.6 Å². The van der Waals surface area contributed by atoms with Crippen molar-refractivity contribution >= 4 is 33.6 Å². The molecule has 5 nitrogen and oxygen atoms in total. The number of benzene rings is 1. The third-order valence-electron chi connectivity index (χ3n) is 2.22. The zero-order valence-electron chi connectivity index (χ0n) is 10.2. The van der Waals surface area contributed by atoms with Gasteiger partial charge >= 0.3 is 6.03 Å². The van der Waals surface area contributed by atoms with E-state index in [-0.39, 0.29) is 4.47 Å². The molecule has 19 heavy (non-hydrogen) atoms. The van der Waals surface area contributed by atoms with E-state index in [1.165, 1.54) is 14.0 Å². The molecule has 104 valence electrons. The van der Waals surface area contributed by atoms with Crippen LogP contribution in [0.15, 0.2) is 16.6 Å². The van der Waals surface area contributed by atoms with Gasteiger partial charge in [0.15, 0.2) is 0 Å². The Morgan fingerprint density at radius 3 is 2.26 bits per heavy atom. The van der Waals surface area contributed by atoms with Gasteiger partial charge in [-0.3, -0.25) is 10.1 Å². The molecule has 1 aromatic carbocycles. The van der Waals surface area contributed by atoms with E-state index >= 15 is 0 Å². The third-order valence-corrected chi connectivity index (χ3v) is 2.68. The molecule has 0 spiro atoms. The minimum Gasteiger partial charge on any atom is -0.369 e. The summed E-state index contributed by atoms with van der Waals surface area (Å²) >= 11 is 2.94. The van der Waals surface area contributed by atoms with Gasteiger partial charge in [0, 0.05) is 11.5 Å². The van der Waals surface area contributed by atoms with Crippen LogP contribution in [-0.2, 0) is 4.79 Å². The number of anilines is 1. The first-order chi connectivity index (χ1) is 8.85.